The summed E-state index contributed by atoms with van der Waals surface area (Å²) in [5.41, 5.74) is 0.828. The van der Waals surface area contributed by atoms with Gasteiger partial charge < -0.3 is 9.84 Å². The number of likely N-dealkylation sites (tertiary alicyclic amines) is 1. The Labute approximate surface area is 113 Å². The summed E-state index contributed by atoms with van der Waals surface area (Å²) in [5, 5.41) is 10.5. The van der Waals surface area contributed by atoms with E-state index in [-0.39, 0.29) is 5.75 Å². The third-order valence-corrected chi connectivity index (χ3v) is 3.77. The largest absolute Gasteiger partial charge is 0.508 e. The zero-order valence-corrected chi connectivity index (χ0v) is 11.5. The van der Waals surface area contributed by atoms with E-state index in [9.17, 15) is 5.11 Å². The maximum absolute atomic E-state index is 9.82. The molecule has 0 bridgehead atoms. The van der Waals surface area contributed by atoms with Gasteiger partial charge in [0.2, 0.25) is 0 Å². The van der Waals surface area contributed by atoms with E-state index < -0.39 is 0 Å². The van der Waals surface area contributed by atoms with Crippen molar-refractivity contribution < 1.29 is 9.84 Å². The molecule has 1 aromatic carbocycles. The van der Waals surface area contributed by atoms with Crippen molar-refractivity contribution in [3.8, 4) is 5.75 Å². The first-order valence-corrected chi connectivity index (χ1v) is 6.88. The van der Waals surface area contributed by atoms with Gasteiger partial charge in [-0.05, 0) is 31.9 Å². The molecular formula is C14H20ClNO2. The minimum absolute atomic E-state index is 0.287. The molecule has 4 heteroatoms. The lowest BCUT2D eigenvalue weighted by Crippen LogP contribution is -2.36. The second-order valence-electron chi connectivity index (χ2n) is 4.67. The quantitative estimate of drug-likeness (QED) is 0.912. The Morgan fingerprint density at radius 3 is 2.72 bits per heavy atom. The number of rotatable bonds is 4. The number of nitrogens with zero attached hydrogens (tertiary/aromatic N) is 1. The van der Waals surface area contributed by atoms with Crippen molar-refractivity contribution in [2.75, 3.05) is 19.7 Å². The molecule has 1 N–H and O–H groups in total. The highest BCUT2D eigenvalue weighted by Crippen LogP contribution is 2.27. The SMILES string of the molecule is CCOC1CCN(Cc2c(O)cccc2Cl)CC1. The molecule has 1 aliphatic rings. The molecule has 0 aromatic heterocycles. The lowest BCUT2D eigenvalue weighted by molar-refractivity contribution is 0.0124. The predicted octanol–water partition coefficient (Wildman–Crippen LogP) is 3.05. The molecule has 1 aromatic rings. The summed E-state index contributed by atoms with van der Waals surface area (Å²) < 4.78 is 5.63. The summed E-state index contributed by atoms with van der Waals surface area (Å²) in [6, 6.07) is 5.28. The van der Waals surface area contributed by atoms with E-state index in [0.717, 1.165) is 38.1 Å². The summed E-state index contributed by atoms with van der Waals surface area (Å²) in [6.07, 6.45) is 2.50. The van der Waals surface area contributed by atoms with Crippen LogP contribution in [0.1, 0.15) is 25.3 Å². The summed E-state index contributed by atoms with van der Waals surface area (Å²) >= 11 is 6.12. The zero-order chi connectivity index (χ0) is 13.0. The Kier molecular flexibility index (Phi) is 4.87. The number of halogens is 1. The van der Waals surface area contributed by atoms with Gasteiger partial charge in [0.15, 0.2) is 0 Å². The Hall–Kier alpha value is -0.770. The first kappa shape index (κ1) is 13.7. The van der Waals surface area contributed by atoms with Crippen LogP contribution < -0.4 is 0 Å². The molecule has 0 spiro atoms. The molecule has 100 valence electrons. The standard InChI is InChI=1S/C14H20ClNO2/c1-2-18-11-6-8-16(9-7-11)10-12-13(15)4-3-5-14(12)17/h3-5,11,17H,2,6-10H2,1H3. The molecule has 1 fully saturated rings. The van der Waals surface area contributed by atoms with E-state index in [4.69, 9.17) is 16.3 Å². The minimum atomic E-state index is 0.287. The highest BCUT2D eigenvalue weighted by molar-refractivity contribution is 6.31. The molecule has 0 unspecified atom stereocenters. The van der Waals surface area contributed by atoms with E-state index >= 15 is 0 Å². The Morgan fingerprint density at radius 2 is 2.11 bits per heavy atom. The van der Waals surface area contributed by atoms with Crippen LogP contribution in [0.3, 0.4) is 0 Å². The molecule has 2 rings (SSSR count). The summed E-state index contributed by atoms with van der Waals surface area (Å²) in [7, 11) is 0. The minimum Gasteiger partial charge on any atom is -0.508 e. The van der Waals surface area contributed by atoms with Gasteiger partial charge in [-0.25, -0.2) is 0 Å². The van der Waals surface area contributed by atoms with Gasteiger partial charge >= 0.3 is 0 Å². The molecule has 1 saturated heterocycles. The highest BCUT2D eigenvalue weighted by Gasteiger charge is 2.20. The van der Waals surface area contributed by atoms with Crippen molar-refractivity contribution >= 4 is 11.6 Å². The first-order valence-electron chi connectivity index (χ1n) is 6.51. The number of ether oxygens (including phenoxy) is 1. The van der Waals surface area contributed by atoms with Crippen molar-refractivity contribution in [2.45, 2.75) is 32.4 Å². The fraction of sp³-hybridized carbons (Fsp3) is 0.571. The van der Waals surface area contributed by atoms with Crippen molar-refractivity contribution in [3.05, 3.63) is 28.8 Å². The maximum Gasteiger partial charge on any atom is 0.121 e. The topological polar surface area (TPSA) is 32.7 Å². The van der Waals surface area contributed by atoms with E-state index in [1.807, 2.05) is 13.0 Å². The van der Waals surface area contributed by atoms with Crippen molar-refractivity contribution in [1.82, 2.24) is 4.90 Å². The lowest BCUT2D eigenvalue weighted by atomic mass is 10.1. The highest BCUT2D eigenvalue weighted by atomic mass is 35.5. The van der Waals surface area contributed by atoms with E-state index in [1.165, 1.54) is 0 Å². The van der Waals surface area contributed by atoms with Gasteiger partial charge in [-0.3, -0.25) is 4.90 Å². The maximum atomic E-state index is 9.82. The van der Waals surface area contributed by atoms with Crippen LogP contribution in [0.25, 0.3) is 0 Å². The van der Waals surface area contributed by atoms with Crippen LogP contribution in [0.15, 0.2) is 18.2 Å². The molecular weight excluding hydrogens is 250 g/mol. The van der Waals surface area contributed by atoms with Crippen LogP contribution >= 0.6 is 11.6 Å². The number of benzene rings is 1. The Bertz CT molecular complexity index is 369. The average Bonchev–Trinajstić information content (AvgIpc) is 2.36. The van der Waals surface area contributed by atoms with Crippen LogP contribution in [0.2, 0.25) is 5.02 Å². The lowest BCUT2D eigenvalue weighted by Gasteiger charge is -2.32. The second-order valence-corrected chi connectivity index (χ2v) is 5.08. The smallest absolute Gasteiger partial charge is 0.121 e. The summed E-state index contributed by atoms with van der Waals surface area (Å²) in [6.45, 7) is 5.53. The Morgan fingerprint density at radius 1 is 1.39 bits per heavy atom. The molecule has 1 heterocycles. The molecule has 0 aliphatic carbocycles. The van der Waals surface area contributed by atoms with Gasteiger partial charge in [0.05, 0.1) is 6.10 Å². The van der Waals surface area contributed by atoms with E-state index in [2.05, 4.69) is 4.90 Å². The number of aromatic hydroxyl groups is 1. The average molecular weight is 270 g/mol. The van der Waals surface area contributed by atoms with Crippen LogP contribution in [0, 0.1) is 0 Å². The van der Waals surface area contributed by atoms with Crippen LogP contribution in [-0.2, 0) is 11.3 Å². The first-order chi connectivity index (χ1) is 8.70. The Balaban J connectivity index is 1.92. The van der Waals surface area contributed by atoms with Crippen LogP contribution in [0.4, 0.5) is 0 Å². The second kappa shape index (κ2) is 6.41. The van der Waals surface area contributed by atoms with Gasteiger partial charge in [-0.15, -0.1) is 0 Å². The fourth-order valence-electron chi connectivity index (χ4n) is 2.40. The van der Waals surface area contributed by atoms with Crippen LogP contribution in [-0.4, -0.2) is 35.8 Å². The number of phenols is 1. The van der Waals surface area contributed by atoms with Crippen molar-refractivity contribution in [2.24, 2.45) is 0 Å². The van der Waals surface area contributed by atoms with E-state index in [0.29, 0.717) is 17.7 Å². The number of phenolic OH excluding ortho intramolecular Hbond substituents is 1. The summed E-state index contributed by atoms with van der Waals surface area (Å²) in [4.78, 5) is 2.32. The molecule has 3 nitrogen and oxygen atoms in total. The summed E-state index contributed by atoms with van der Waals surface area (Å²) in [5.74, 6) is 0.287. The van der Waals surface area contributed by atoms with Gasteiger partial charge in [0.25, 0.3) is 0 Å². The zero-order valence-electron chi connectivity index (χ0n) is 10.7. The van der Waals surface area contributed by atoms with Gasteiger partial charge in [-0.2, -0.15) is 0 Å². The number of piperidine rings is 1. The fourth-order valence-corrected chi connectivity index (χ4v) is 2.63. The van der Waals surface area contributed by atoms with Gasteiger partial charge in [0.1, 0.15) is 5.75 Å². The van der Waals surface area contributed by atoms with Crippen molar-refractivity contribution in [3.63, 3.8) is 0 Å². The van der Waals surface area contributed by atoms with E-state index in [1.54, 1.807) is 12.1 Å². The van der Waals surface area contributed by atoms with Crippen LogP contribution in [0.5, 0.6) is 5.75 Å². The number of hydrogen-bond donors (Lipinski definition) is 1. The molecule has 0 atom stereocenters. The molecule has 18 heavy (non-hydrogen) atoms. The number of hydrogen-bond acceptors (Lipinski definition) is 3. The molecule has 0 radical (unpaired) electrons. The molecule has 1 aliphatic heterocycles. The van der Waals surface area contributed by atoms with Gasteiger partial charge in [-0.1, -0.05) is 17.7 Å². The van der Waals surface area contributed by atoms with Crippen molar-refractivity contribution in [1.29, 1.82) is 0 Å². The molecule has 0 saturated carbocycles. The van der Waals surface area contributed by atoms with Gasteiger partial charge in [0, 0.05) is 36.8 Å². The third kappa shape index (κ3) is 3.37. The molecule has 0 amide bonds. The monoisotopic (exact) mass is 269 g/mol. The third-order valence-electron chi connectivity index (χ3n) is 3.41. The predicted molar refractivity (Wildman–Crippen MR) is 73.0 cm³/mol. The normalized spacial score (nSPS) is 18.1.